The minimum absolute atomic E-state index is 0.131. The molecule has 20 heavy (non-hydrogen) atoms. The Morgan fingerprint density at radius 2 is 2.20 bits per heavy atom. The molecule has 2 aromatic rings. The molecule has 0 unspecified atom stereocenters. The summed E-state index contributed by atoms with van der Waals surface area (Å²) in [6, 6.07) is 8.93. The monoisotopic (exact) mass is 305 g/mol. The number of benzene rings is 1. The van der Waals surface area contributed by atoms with Gasteiger partial charge in [0.25, 0.3) is 5.91 Å². The quantitative estimate of drug-likeness (QED) is 0.823. The molecule has 0 saturated heterocycles. The van der Waals surface area contributed by atoms with Gasteiger partial charge in [-0.1, -0.05) is 11.6 Å². The van der Waals surface area contributed by atoms with Crippen LogP contribution in [0, 0.1) is 0 Å². The van der Waals surface area contributed by atoms with E-state index in [1.807, 2.05) is 18.2 Å². The second-order valence-electron chi connectivity index (χ2n) is 4.39. The maximum atomic E-state index is 12.6. The average molecular weight is 306 g/mol. The molecule has 0 saturated carbocycles. The normalized spacial score (nSPS) is 13.9. The second kappa shape index (κ2) is 5.34. The molecule has 0 fully saturated rings. The molecule has 0 bridgehead atoms. The highest BCUT2D eigenvalue weighted by atomic mass is 35.5. The lowest BCUT2D eigenvalue weighted by molar-refractivity contribution is 0.0983. The molecule has 1 aliphatic rings. The van der Waals surface area contributed by atoms with Crippen molar-refractivity contribution in [2.24, 2.45) is 0 Å². The third-order valence-corrected chi connectivity index (χ3v) is 4.30. The molecule has 102 valence electrons. The number of nitrogens with two attached hydrogens (primary N) is 1. The molecule has 1 aliphatic heterocycles. The first kappa shape index (κ1) is 13.3. The Balaban J connectivity index is 1.97. The summed E-state index contributed by atoms with van der Waals surface area (Å²) in [4.78, 5) is 19.4. The Kier molecular flexibility index (Phi) is 3.54. The van der Waals surface area contributed by atoms with E-state index in [4.69, 9.17) is 17.3 Å². The predicted octanol–water partition coefficient (Wildman–Crippen LogP) is 3.07. The summed E-state index contributed by atoms with van der Waals surface area (Å²) in [7, 11) is 0. The summed E-state index contributed by atoms with van der Waals surface area (Å²) in [5.74, 6) is 0.727. The van der Waals surface area contributed by atoms with Crippen LogP contribution in [-0.2, 0) is 0 Å². The van der Waals surface area contributed by atoms with E-state index in [1.54, 1.807) is 28.8 Å². The number of anilines is 2. The Morgan fingerprint density at radius 1 is 1.35 bits per heavy atom. The van der Waals surface area contributed by atoms with Gasteiger partial charge in [-0.15, -0.1) is 11.8 Å². The SMILES string of the molecule is Nc1ccc2c(c1)N(C(=O)c1ccc(Cl)cn1)CCS2. The van der Waals surface area contributed by atoms with E-state index in [9.17, 15) is 4.79 Å². The molecule has 6 heteroatoms. The van der Waals surface area contributed by atoms with Crippen molar-refractivity contribution in [3.8, 4) is 0 Å². The van der Waals surface area contributed by atoms with E-state index in [-0.39, 0.29) is 5.91 Å². The summed E-state index contributed by atoms with van der Waals surface area (Å²) in [6.45, 7) is 0.643. The molecule has 2 N–H and O–H groups in total. The largest absolute Gasteiger partial charge is 0.399 e. The van der Waals surface area contributed by atoms with Crippen molar-refractivity contribution < 1.29 is 4.79 Å². The zero-order chi connectivity index (χ0) is 14.1. The van der Waals surface area contributed by atoms with E-state index in [2.05, 4.69) is 4.98 Å². The van der Waals surface area contributed by atoms with Crippen molar-refractivity contribution in [3.05, 3.63) is 47.2 Å². The maximum absolute atomic E-state index is 12.6. The molecule has 4 nitrogen and oxygen atoms in total. The average Bonchev–Trinajstić information content (AvgIpc) is 2.46. The van der Waals surface area contributed by atoms with Crippen LogP contribution in [0.3, 0.4) is 0 Å². The molecular formula is C14H12ClN3OS. The summed E-state index contributed by atoms with van der Waals surface area (Å²) in [5, 5.41) is 0.514. The molecule has 3 rings (SSSR count). The number of rotatable bonds is 1. The van der Waals surface area contributed by atoms with Gasteiger partial charge in [0.15, 0.2) is 0 Å². The number of fused-ring (bicyclic) bond motifs is 1. The molecule has 0 aliphatic carbocycles. The second-order valence-corrected chi connectivity index (χ2v) is 5.97. The van der Waals surface area contributed by atoms with E-state index < -0.39 is 0 Å². The number of amides is 1. The van der Waals surface area contributed by atoms with Crippen molar-refractivity contribution in [1.82, 2.24) is 4.98 Å². The number of nitrogens with zero attached hydrogens (tertiary/aromatic N) is 2. The Bertz CT molecular complexity index is 660. The number of thioether (sulfide) groups is 1. The number of halogens is 1. The van der Waals surface area contributed by atoms with Gasteiger partial charge in [-0.3, -0.25) is 4.79 Å². The van der Waals surface area contributed by atoms with Crippen molar-refractivity contribution in [1.29, 1.82) is 0 Å². The van der Waals surface area contributed by atoms with Gasteiger partial charge in [0.1, 0.15) is 5.69 Å². The van der Waals surface area contributed by atoms with E-state index >= 15 is 0 Å². The zero-order valence-corrected chi connectivity index (χ0v) is 12.1. The fraction of sp³-hybridized carbons (Fsp3) is 0.143. The Morgan fingerprint density at radius 3 is 2.95 bits per heavy atom. The summed E-state index contributed by atoms with van der Waals surface area (Å²) >= 11 is 7.52. The number of carbonyl (C=O) groups is 1. The van der Waals surface area contributed by atoms with Crippen LogP contribution in [0.2, 0.25) is 5.02 Å². The highest BCUT2D eigenvalue weighted by molar-refractivity contribution is 7.99. The Labute approximate surface area is 125 Å². The molecule has 0 spiro atoms. The van der Waals surface area contributed by atoms with Crippen molar-refractivity contribution in [3.63, 3.8) is 0 Å². The van der Waals surface area contributed by atoms with E-state index in [0.29, 0.717) is 22.9 Å². The summed E-state index contributed by atoms with van der Waals surface area (Å²) in [6.07, 6.45) is 1.48. The smallest absolute Gasteiger partial charge is 0.276 e. The van der Waals surface area contributed by atoms with Crippen LogP contribution >= 0.6 is 23.4 Å². The lowest BCUT2D eigenvalue weighted by Crippen LogP contribution is -2.36. The number of aromatic nitrogens is 1. The fourth-order valence-corrected chi connectivity index (χ4v) is 3.17. The first-order valence-corrected chi connectivity index (χ1v) is 7.47. The number of hydrogen-bond donors (Lipinski definition) is 1. The van der Waals surface area contributed by atoms with Crippen LogP contribution in [0.4, 0.5) is 11.4 Å². The van der Waals surface area contributed by atoms with Gasteiger partial charge >= 0.3 is 0 Å². The highest BCUT2D eigenvalue weighted by Crippen LogP contribution is 2.36. The highest BCUT2D eigenvalue weighted by Gasteiger charge is 2.24. The minimum Gasteiger partial charge on any atom is -0.399 e. The van der Waals surface area contributed by atoms with Crippen molar-refractivity contribution >= 4 is 40.6 Å². The van der Waals surface area contributed by atoms with Gasteiger partial charge in [0.05, 0.1) is 10.7 Å². The predicted molar refractivity (Wildman–Crippen MR) is 82.5 cm³/mol. The first-order chi connectivity index (χ1) is 9.65. The number of nitrogen functional groups attached to an aromatic ring is 1. The van der Waals surface area contributed by atoms with Gasteiger partial charge in [0.2, 0.25) is 0 Å². The molecule has 1 aromatic carbocycles. The van der Waals surface area contributed by atoms with Gasteiger partial charge in [-0.05, 0) is 30.3 Å². The van der Waals surface area contributed by atoms with Gasteiger partial charge in [-0.2, -0.15) is 0 Å². The third kappa shape index (κ3) is 2.46. The van der Waals surface area contributed by atoms with Crippen LogP contribution in [0.5, 0.6) is 0 Å². The molecule has 1 amide bonds. The number of pyridine rings is 1. The van der Waals surface area contributed by atoms with E-state index in [1.165, 1.54) is 6.20 Å². The molecule has 2 heterocycles. The fourth-order valence-electron chi connectivity index (χ4n) is 2.09. The number of hydrogen-bond acceptors (Lipinski definition) is 4. The van der Waals surface area contributed by atoms with Crippen LogP contribution in [0.25, 0.3) is 0 Å². The van der Waals surface area contributed by atoms with Crippen LogP contribution in [0.1, 0.15) is 10.5 Å². The zero-order valence-electron chi connectivity index (χ0n) is 10.5. The standard InChI is InChI=1S/C14H12ClN3OS/c15-9-1-3-11(17-8-9)14(19)18-5-6-20-13-4-2-10(16)7-12(13)18/h1-4,7-8H,5-6,16H2. The summed E-state index contributed by atoms with van der Waals surface area (Å²) in [5.41, 5.74) is 7.70. The molecule has 0 radical (unpaired) electrons. The van der Waals surface area contributed by atoms with Crippen molar-refractivity contribution in [2.45, 2.75) is 4.90 Å². The minimum atomic E-state index is -0.131. The third-order valence-electron chi connectivity index (χ3n) is 3.04. The topological polar surface area (TPSA) is 59.2 Å². The van der Waals surface area contributed by atoms with Crippen LogP contribution in [-0.4, -0.2) is 23.2 Å². The van der Waals surface area contributed by atoms with Crippen molar-refractivity contribution in [2.75, 3.05) is 22.9 Å². The first-order valence-electron chi connectivity index (χ1n) is 6.11. The van der Waals surface area contributed by atoms with Gasteiger partial charge in [0, 0.05) is 29.1 Å². The van der Waals surface area contributed by atoms with Crippen LogP contribution < -0.4 is 10.6 Å². The summed E-state index contributed by atoms with van der Waals surface area (Å²) < 4.78 is 0. The molecule has 1 aromatic heterocycles. The Hall–Kier alpha value is -1.72. The van der Waals surface area contributed by atoms with E-state index in [0.717, 1.165) is 16.3 Å². The van der Waals surface area contributed by atoms with Gasteiger partial charge < -0.3 is 10.6 Å². The lowest BCUT2D eigenvalue weighted by atomic mass is 10.2. The molecular weight excluding hydrogens is 294 g/mol. The molecule has 0 atom stereocenters. The lowest BCUT2D eigenvalue weighted by Gasteiger charge is -2.29. The number of carbonyl (C=O) groups excluding carboxylic acids is 1. The maximum Gasteiger partial charge on any atom is 0.276 e. The van der Waals surface area contributed by atoms with Crippen LogP contribution in [0.15, 0.2) is 41.4 Å². The van der Waals surface area contributed by atoms with Gasteiger partial charge in [-0.25, -0.2) is 4.98 Å².